The van der Waals surface area contributed by atoms with E-state index < -0.39 is 11.7 Å². The van der Waals surface area contributed by atoms with Crippen LogP contribution in [0.4, 0.5) is 17.6 Å². The van der Waals surface area contributed by atoms with Gasteiger partial charge in [0.05, 0.1) is 5.56 Å². The summed E-state index contributed by atoms with van der Waals surface area (Å²) in [7, 11) is 0. The van der Waals surface area contributed by atoms with Gasteiger partial charge in [-0.15, -0.1) is 0 Å². The quantitative estimate of drug-likeness (QED) is 0.685. The van der Waals surface area contributed by atoms with Crippen LogP contribution in [0.15, 0.2) is 42.5 Å². The van der Waals surface area contributed by atoms with E-state index in [-0.39, 0.29) is 5.82 Å². The van der Waals surface area contributed by atoms with Gasteiger partial charge in [0.25, 0.3) is 0 Å². The van der Waals surface area contributed by atoms with Crippen LogP contribution >= 0.6 is 0 Å². The Hall–Kier alpha value is -1.84. The van der Waals surface area contributed by atoms with Gasteiger partial charge >= 0.3 is 6.18 Å². The third-order valence-electron chi connectivity index (χ3n) is 3.23. The Labute approximate surface area is 121 Å². The highest BCUT2D eigenvalue weighted by Gasteiger charge is 2.29. The van der Waals surface area contributed by atoms with Crippen molar-refractivity contribution in [2.24, 2.45) is 0 Å². The largest absolute Gasteiger partial charge is 0.416 e. The maximum atomic E-state index is 13.5. The van der Waals surface area contributed by atoms with Crippen LogP contribution in [-0.4, -0.2) is 0 Å². The summed E-state index contributed by atoms with van der Waals surface area (Å²) in [6.45, 7) is 1.89. The van der Waals surface area contributed by atoms with Gasteiger partial charge in [0.15, 0.2) is 0 Å². The molecule has 0 N–H and O–H groups in total. The summed E-state index contributed by atoms with van der Waals surface area (Å²) in [6.07, 6.45) is -1.49. The molecule has 0 saturated carbocycles. The summed E-state index contributed by atoms with van der Waals surface area (Å²) in [4.78, 5) is 0. The average molecular weight is 295 g/mol. The molecule has 21 heavy (non-hydrogen) atoms. The van der Waals surface area contributed by atoms with Gasteiger partial charge in [0, 0.05) is 0 Å². The molecule has 2 rings (SSSR count). The van der Waals surface area contributed by atoms with E-state index in [1.807, 2.05) is 13.3 Å². The summed E-state index contributed by atoms with van der Waals surface area (Å²) in [5, 5.41) is 0. The second-order valence-electron chi connectivity index (χ2n) is 4.99. The summed E-state index contributed by atoms with van der Waals surface area (Å²) >= 11 is 0. The third kappa shape index (κ3) is 4.31. The first kappa shape index (κ1) is 15.5. The number of hydrogen-bond acceptors (Lipinski definition) is 0. The van der Waals surface area contributed by atoms with Crippen molar-refractivity contribution in [2.45, 2.75) is 25.9 Å². The van der Waals surface area contributed by atoms with Crippen molar-refractivity contribution in [1.29, 1.82) is 0 Å². The second-order valence-corrected chi connectivity index (χ2v) is 4.99. The lowest BCUT2D eigenvalue weighted by molar-refractivity contribution is -0.137. The van der Waals surface area contributed by atoms with E-state index in [0.29, 0.717) is 18.4 Å². The van der Waals surface area contributed by atoms with E-state index in [9.17, 15) is 17.6 Å². The molecule has 0 fully saturated rings. The molecule has 4 heteroatoms. The first-order valence-electron chi connectivity index (χ1n) is 6.59. The summed E-state index contributed by atoms with van der Waals surface area (Å²) in [6, 6.07) is 9.94. The lowest BCUT2D eigenvalue weighted by Crippen LogP contribution is -2.04. The van der Waals surface area contributed by atoms with Crippen LogP contribution in [0, 0.1) is 19.2 Å². The van der Waals surface area contributed by atoms with E-state index in [0.717, 1.165) is 23.3 Å². The molecule has 0 atom stereocenters. The molecule has 2 aromatic carbocycles. The normalized spacial score (nSPS) is 11.7. The minimum atomic E-state index is -4.31. The minimum Gasteiger partial charge on any atom is -0.207 e. The molecule has 0 spiro atoms. The molecule has 0 bridgehead atoms. The van der Waals surface area contributed by atoms with Crippen LogP contribution in [0.25, 0.3) is 0 Å². The number of alkyl halides is 3. The van der Waals surface area contributed by atoms with Crippen molar-refractivity contribution in [3.05, 3.63) is 77.0 Å². The van der Waals surface area contributed by atoms with Gasteiger partial charge in [-0.25, -0.2) is 4.39 Å². The number of rotatable bonds is 4. The minimum absolute atomic E-state index is 0.260. The van der Waals surface area contributed by atoms with Gasteiger partial charge in [-0.3, -0.25) is 0 Å². The van der Waals surface area contributed by atoms with Crippen LogP contribution in [0.5, 0.6) is 0 Å². The van der Waals surface area contributed by atoms with Crippen molar-refractivity contribution in [2.75, 3.05) is 0 Å². The monoisotopic (exact) mass is 295 g/mol. The molecule has 0 amide bonds. The van der Waals surface area contributed by atoms with Crippen LogP contribution < -0.4 is 0 Å². The second kappa shape index (κ2) is 6.29. The lowest BCUT2D eigenvalue weighted by Gasteiger charge is -2.08. The number of hydrogen-bond donors (Lipinski definition) is 0. The van der Waals surface area contributed by atoms with Gasteiger partial charge in [-0.05, 0) is 55.5 Å². The first-order valence-corrected chi connectivity index (χ1v) is 6.59. The van der Waals surface area contributed by atoms with Crippen LogP contribution in [0.1, 0.15) is 22.3 Å². The molecule has 0 nitrogen and oxygen atoms in total. The Morgan fingerprint density at radius 2 is 1.62 bits per heavy atom. The molecular weight excluding hydrogens is 280 g/mol. The summed E-state index contributed by atoms with van der Waals surface area (Å²) in [5.41, 5.74) is 1.70. The van der Waals surface area contributed by atoms with Gasteiger partial charge in [0.1, 0.15) is 5.82 Å². The molecule has 111 valence electrons. The van der Waals surface area contributed by atoms with E-state index in [2.05, 4.69) is 0 Å². The zero-order valence-electron chi connectivity index (χ0n) is 11.5. The molecule has 0 aromatic heterocycles. The molecule has 0 aliphatic carbocycles. The molecule has 0 saturated heterocycles. The number of aryl methyl sites for hydroxylation is 1. The van der Waals surface area contributed by atoms with Gasteiger partial charge in [-0.1, -0.05) is 29.8 Å². The first-order chi connectivity index (χ1) is 9.86. The van der Waals surface area contributed by atoms with Crippen LogP contribution in [0.3, 0.4) is 0 Å². The topological polar surface area (TPSA) is 0 Å². The van der Waals surface area contributed by atoms with Gasteiger partial charge in [0.2, 0.25) is 0 Å². The maximum Gasteiger partial charge on any atom is 0.416 e. The predicted octanol–water partition coefficient (Wildman–Crippen LogP) is 5.14. The van der Waals surface area contributed by atoms with Gasteiger partial charge < -0.3 is 0 Å². The number of benzene rings is 2. The fourth-order valence-corrected chi connectivity index (χ4v) is 2.08. The molecule has 0 heterocycles. The van der Waals surface area contributed by atoms with Gasteiger partial charge in [-0.2, -0.15) is 13.2 Å². The molecule has 0 unspecified atom stereocenters. The third-order valence-corrected chi connectivity index (χ3v) is 3.23. The van der Waals surface area contributed by atoms with Crippen LogP contribution in [0.2, 0.25) is 0 Å². The fraction of sp³-hybridized carbons (Fsp3) is 0.235. The Kier molecular flexibility index (Phi) is 4.66. The molecule has 2 aromatic rings. The van der Waals surface area contributed by atoms with Crippen molar-refractivity contribution in [3.63, 3.8) is 0 Å². The van der Waals surface area contributed by atoms with E-state index >= 15 is 0 Å². The molecule has 1 radical (unpaired) electrons. The molecule has 0 aliphatic heterocycles. The highest BCUT2D eigenvalue weighted by Crippen LogP contribution is 2.29. The van der Waals surface area contributed by atoms with E-state index in [4.69, 9.17) is 0 Å². The highest BCUT2D eigenvalue weighted by molar-refractivity contribution is 5.28. The Morgan fingerprint density at radius 3 is 2.24 bits per heavy atom. The van der Waals surface area contributed by atoms with E-state index in [1.165, 1.54) is 18.2 Å². The van der Waals surface area contributed by atoms with Crippen LogP contribution in [-0.2, 0) is 19.0 Å². The maximum absolute atomic E-state index is 13.5. The predicted molar refractivity (Wildman–Crippen MR) is 74.3 cm³/mol. The fourth-order valence-electron chi connectivity index (χ4n) is 2.08. The SMILES string of the molecule is Cc1ccc(F)c(C[CH]Cc2ccc(C(F)(F)F)cc2)c1. The smallest absolute Gasteiger partial charge is 0.207 e. The summed E-state index contributed by atoms with van der Waals surface area (Å²) in [5.74, 6) is -0.260. The average Bonchev–Trinajstić information content (AvgIpc) is 2.42. The Balaban J connectivity index is 1.93. The lowest BCUT2D eigenvalue weighted by atomic mass is 10.0. The van der Waals surface area contributed by atoms with E-state index in [1.54, 1.807) is 12.1 Å². The Bertz CT molecular complexity index is 597. The standard InChI is InChI=1S/C17H15F4/c1-12-5-10-16(18)14(11-12)4-2-3-13-6-8-15(9-7-13)17(19,20)21/h2,5-11H,3-4H2,1H3. The highest BCUT2D eigenvalue weighted by atomic mass is 19.4. The zero-order valence-corrected chi connectivity index (χ0v) is 11.5. The van der Waals surface area contributed by atoms with Crippen molar-refractivity contribution in [1.82, 2.24) is 0 Å². The number of halogens is 4. The zero-order chi connectivity index (χ0) is 15.5. The molecular formula is C17H15F4. The van der Waals surface area contributed by atoms with Crippen molar-refractivity contribution in [3.8, 4) is 0 Å². The summed E-state index contributed by atoms with van der Waals surface area (Å²) < 4.78 is 50.8. The Morgan fingerprint density at radius 1 is 0.952 bits per heavy atom. The van der Waals surface area contributed by atoms with Crippen molar-refractivity contribution < 1.29 is 17.6 Å². The molecule has 0 aliphatic rings. The van der Waals surface area contributed by atoms with Crippen molar-refractivity contribution >= 4 is 0 Å².